The van der Waals surface area contributed by atoms with E-state index in [0.29, 0.717) is 48.1 Å². The van der Waals surface area contributed by atoms with E-state index in [0.717, 1.165) is 35.4 Å². The maximum atomic E-state index is 12.9. The van der Waals surface area contributed by atoms with Gasteiger partial charge in [0.1, 0.15) is 0 Å². The van der Waals surface area contributed by atoms with Gasteiger partial charge in [0.25, 0.3) is 5.91 Å². The van der Waals surface area contributed by atoms with Gasteiger partial charge < -0.3 is 15.0 Å². The molecule has 0 radical (unpaired) electrons. The number of anilines is 2. The maximum Gasteiger partial charge on any atom is 0.257 e. The molecule has 0 spiro atoms. The fourth-order valence-electron chi connectivity index (χ4n) is 4.52. The van der Waals surface area contributed by atoms with Crippen LogP contribution in [0.4, 0.5) is 11.4 Å². The second-order valence-corrected chi connectivity index (χ2v) is 11.3. The molecule has 2 aromatic heterocycles. The van der Waals surface area contributed by atoms with Crippen molar-refractivity contribution < 1.29 is 17.9 Å². The van der Waals surface area contributed by atoms with Gasteiger partial charge in [-0.1, -0.05) is 6.07 Å². The van der Waals surface area contributed by atoms with Gasteiger partial charge in [0.2, 0.25) is 0 Å². The third kappa shape index (κ3) is 4.92. The van der Waals surface area contributed by atoms with Crippen LogP contribution < -0.4 is 5.32 Å². The van der Waals surface area contributed by atoms with Crippen molar-refractivity contribution >= 4 is 27.1 Å². The van der Waals surface area contributed by atoms with E-state index in [4.69, 9.17) is 9.72 Å². The molecule has 8 nitrogen and oxygen atoms in total. The summed E-state index contributed by atoms with van der Waals surface area (Å²) in [4.78, 5) is 24.0. The number of rotatable bonds is 8. The first kappa shape index (κ1) is 23.4. The van der Waals surface area contributed by atoms with Crippen LogP contribution in [0.5, 0.6) is 0 Å². The van der Waals surface area contributed by atoms with Gasteiger partial charge in [-0.05, 0) is 60.2 Å². The number of amides is 1. The zero-order chi connectivity index (χ0) is 24.7. The van der Waals surface area contributed by atoms with Gasteiger partial charge in [0, 0.05) is 44.4 Å². The Kier molecular flexibility index (Phi) is 6.06. The van der Waals surface area contributed by atoms with Crippen molar-refractivity contribution in [2.75, 3.05) is 25.7 Å². The maximum absolute atomic E-state index is 12.9. The van der Waals surface area contributed by atoms with Crippen LogP contribution in [0.2, 0.25) is 0 Å². The van der Waals surface area contributed by atoms with Gasteiger partial charge in [-0.25, -0.2) is 8.42 Å². The Morgan fingerprint density at radius 1 is 1.11 bits per heavy atom. The summed E-state index contributed by atoms with van der Waals surface area (Å²) in [7, 11) is -0.104. The first-order valence-electron chi connectivity index (χ1n) is 11.5. The lowest BCUT2D eigenvalue weighted by Crippen LogP contribution is -2.18. The molecule has 1 amide bonds. The highest BCUT2D eigenvalue weighted by Gasteiger charge is 2.31. The minimum Gasteiger partial charge on any atom is -0.380 e. The van der Waals surface area contributed by atoms with Crippen LogP contribution in [-0.4, -0.2) is 49.6 Å². The Hall–Kier alpha value is -3.30. The molecule has 2 aliphatic rings. The highest BCUT2D eigenvalue weighted by atomic mass is 32.2. The highest BCUT2D eigenvalue weighted by molar-refractivity contribution is 7.90. The first-order valence-corrected chi connectivity index (χ1v) is 13.4. The van der Waals surface area contributed by atoms with Crippen LogP contribution in [0, 0.1) is 0 Å². The number of carbonyl (C=O) groups is 1. The standard InChI is InChI=1S/C26H28N4O4S/c1-30-14-23-25(26(30)31)22(13-20(28-23)12-19-10-16(15-34-2)8-9-27-19)29-21-7-6-18(17-4-5-17)11-24(21)35(3,32)33/h6-11,13,17H,4-5,12,14-15H2,1-3H3,(H,28,29). The van der Waals surface area contributed by atoms with E-state index < -0.39 is 9.84 Å². The number of benzene rings is 1. The number of carbonyl (C=O) groups excluding carboxylic acids is 1. The average molecular weight is 493 g/mol. The Bertz CT molecular complexity index is 1420. The van der Waals surface area contributed by atoms with Crippen molar-refractivity contribution in [3.63, 3.8) is 0 Å². The Morgan fingerprint density at radius 3 is 2.63 bits per heavy atom. The van der Waals surface area contributed by atoms with Crippen LogP contribution in [-0.2, 0) is 34.1 Å². The molecule has 1 saturated carbocycles. The number of nitrogens with zero attached hydrogens (tertiary/aromatic N) is 3. The third-order valence-electron chi connectivity index (χ3n) is 6.37. The summed E-state index contributed by atoms with van der Waals surface area (Å²) < 4.78 is 30.5. The topological polar surface area (TPSA) is 101 Å². The van der Waals surface area contributed by atoms with E-state index >= 15 is 0 Å². The van der Waals surface area contributed by atoms with Crippen LogP contribution in [0.1, 0.15) is 57.3 Å². The third-order valence-corrected chi connectivity index (χ3v) is 7.51. The molecule has 1 N–H and O–H groups in total. The molecule has 5 rings (SSSR count). The lowest BCUT2D eigenvalue weighted by Gasteiger charge is -2.16. The Labute approximate surface area is 205 Å². The quantitative estimate of drug-likeness (QED) is 0.510. The van der Waals surface area contributed by atoms with E-state index in [2.05, 4.69) is 10.3 Å². The molecular weight excluding hydrogens is 464 g/mol. The van der Waals surface area contributed by atoms with Crippen LogP contribution in [0.3, 0.4) is 0 Å². The molecule has 1 fully saturated rings. The zero-order valence-electron chi connectivity index (χ0n) is 20.0. The molecule has 9 heteroatoms. The molecule has 182 valence electrons. The Morgan fingerprint density at radius 2 is 1.91 bits per heavy atom. The fraction of sp³-hybridized carbons (Fsp3) is 0.346. The number of sulfone groups is 1. The lowest BCUT2D eigenvalue weighted by molar-refractivity contribution is 0.0817. The van der Waals surface area contributed by atoms with Crippen molar-refractivity contribution in [2.45, 2.75) is 43.2 Å². The van der Waals surface area contributed by atoms with Gasteiger partial charge in [-0.2, -0.15) is 0 Å². The molecule has 3 heterocycles. The van der Waals surface area contributed by atoms with E-state index in [1.165, 1.54) is 6.26 Å². The van der Waals surface area contributed by atoms with E-state index in [9.17, 15) is 13.2 Å². The van der Waals surface area contributed by atoms with E-state index in [-0.39, 0.29) is 10.8 Å². The number of nitrogens with one attached hydrogen (secondary N) is 1. The van der Waals surface area contributed by atoms with Crippen LogP contribution in [0.15, 0.2) is 47.5 Å². The van der Waals surface area contributed by atoms with Crippen molar-refractivity contribution in [1.29, 1.82) is 0 Å². The van der Waals surface area contributed by atoms with Crippen LogP contribution in [0.25, 0.3) is 0 Å². The minimum absolute atomic E-state index is 0.141. The van der Waals surface area contributed by atoms with Gasteiger partial charge in [-0.3, -0.25) is 14.8 Å². The van der Waals surface area contributed by atoms with Gasteiger partial charge in [0.05, 0.1) is 40.7 Å². The highest BCUT2D eigenvalue weighted by Crippen LogP contribution is 2.42. The summed E-state index contributed by atoms with van der Waals surface area (Å²) >= 11 is 0. The molecule has 1 aliphatic carbocycles. The smallest absolute Gasteiger partial charge is 0.257 e. The number of aromatic nitrogens is 2. The van der Waals surface area contributed by atoms with Gasteiger partial charge >= 0.3 is 0 Å². The molecule has 3 aromatic rings. The minimum atomic E-state index is -3.48. The summed E-state index contributed by atoms with van der Waals surface area (Å²) in [6, 6.07) is 11.2. The molecule has 1 aliphatic heterocycles. The number of ether oxygens (including phenoxy) is 1. The number of fused-ring (bicyclic) bond motifs is 1. The van der Waals surface area contributed by atoms with Crippen molar-refractivity contribution in [3.8, 4) is 0 Å². The summed E-state index contributed by atoms with van der Waals surface area (Å²) in [6.07, 6.45) is 5.59. The number of hydrogen-bond acceptors (Lipinski definition) is 7. The molecule has 1 aromatic carbocycles. The predicted molar refractivity (Wildman–Crippen MR) is 133 cm³/mol. The summed E-state index contributed by atoms with van der Waals surface area (Å²) in [6.45, 7) is 0.887. The molecule has 0 saturated heterocycles. The number of methoxy groups -OCH3 is 1. The van der Waals surface area contributed by atoms with Crippen molar-refractivity contribution in [1.82, 2.24) is 14.9 Å². The number of hydrogen-bond donors (Lipinski definition) is 1. The van der Waals surface area contributed by atoms with E-state index in [1.54, 1.807) is 37.4 Å². The summed E-state index contributed by atoms with van der Waals surface area (Å²) in [5, 5.41) is 3.27. The molecule has 35 heavy (non-hydrogen) atoms. The van der Waals surface area contributed by atoms with Gasteiger partial charge in [-0.15, -0.1) is 0 Å². The predicted octanol–water partition coefficient (Wildman–Crippen LogP) is 3.82. The number of pyridine rings is 2. The normalized spacial score (nSPS) is 15.4. The van der Waals surface area contributed by atoms with Gasteiger partial charge in [0.15, 0.2) is 9.84 Å². The monoisotopic (exact) mass is 492 g/mol. The first-order chi connectivity index (χ1) is 16.7. The molecule has 0 bridgehead atoms. The van der Waals surface area contributed by atoms with Crippen LogP contribution >= 0.6 is 0 Å². The fourth-order valence-corrected chi connectivity index (χ4v) is 5.39. The summed E-state index contributed by atoms with van der Waals surface area (Å²) in [5.74, 6) is 0.287. The molecular formula is C26H28N4O4S. The SMILES string of the molecule is COCc1ccnc(Cc2cc(Nc3ccc(C4CC4)cc3S(C)(=O)=O)c3c(n2)CN(C)C3=O)c1. The molecule has 0 unspecified atom stereocenters. The summed E-state index contributed by atoms with van der Waals surface area (Å²) in [5.41, 5.74) is 5.78. The van der Waals surface area contributed by atoms with Crippen molar-refractivity contribution in [3.05, 3.63) is 76.4 Å². The second-order valence-electron chi connectivity index (χ2n) is 9.34. The molecule has 0 atom stereocenters. The van der Waals surface area contributed by atoms with Crippen molar-refractivity contribution in [2.24, 2.45) is 0 Å². The average Bonchev–Trinajstić information content (AvgIpc) is 3.60. The largest absolute Gasteiger partial charge is 0.380 e. The zero-order valence-corrected chi connectivity index (χ0v) is 20.9. The second kappa shape index (κ2) is 9.05. The lowest BCUT2D eigenvalue weighted by atomic mass is 10.1. The Balaban J connectivity index is 1.54. The van der Waals surface area contributed by atoms with E-state index in [1.807, 2.05) is 24.3 Å².